The molecule has 5 heteroatoms. The molecule has 4 rings (SSSR count). The molecule has 0 saturated carbocycles. The number of fused-ring (bicyclic) bond motifs is 1. The van der Waals surface area contributed by atoms with Crippen molar-refractivity contribution >= 4 is 16.8 Å². The highest BCUT2D eigenvalue weighted by Crippen LogP contribution is 2.25. The summed E-state index contributed by atoms with van der Waals surface area (Å²) in [6, 6.07) is 8.01. The lowest BCUT2D eigenvalue weighted by atomic mass is 9.95. The summed E-state index contributed by atoms with van der Waals surface area (Å²) in [5, 5.41) is 5.50. The number of para-hydroxylation sites is 1. The maximum absolute atomic E-state index is 13.2. The third-order valence-corrected chi connectivity index (χ3v) is 6.49. The predicted molar refractivity (Wildman–Crippen MR) is 109 cm³/mol. The fourth-order valence-corrected chi connectivity index (χ4v) is 4.68. The number of likely N-dealkylation sites (tertiary alicyclic amines) is 2. The molecule has 2 aromatic rings. The fourth-order valence-electron chi connectivity index (χ4n) is 4.68. The number of aryl methyl sites for hydroxylation is 1. The second-order valence-electron chi connectivity index (χ2n) is 8.56. The molecule has 1 amide bonds. The van der Waals surface area contributed by atoms with Gasteiger partial charge in [0, 0.05) is 32.1 Å². The van der Waals surface area contributed by atoms with E-state index in [0.717, 1.165) is 48.7 Å². The second-order valence-corrected chi connectivity index (χ2v) is 8.56. The van der Waals surface area contributed by atoms with Crippen LogP contribution in [0.15, 0.2) is 24.3 Å². The van der Waals surface area contributed by atoms with Crippen LogP contribution in [0, 0.1) is 11.8 Å². The Morgan fingerprint density at radius 2 is 1.85 bits per heavy atom. The number of nitrogens with zero attached hydrogens (tertiary/aromatic N) is 4. The lowest BCUT2D eigenvalue weighted by Gasteiger charge is -2.32. The number of benzene rings is 1. The van der Waals surface area contributed by atoms with Gasteiger partial charge >= 0.3 is 0 Å². The van der Waals surface area contributed by atoms with Crippen LogP contribution in [0.5, 0.6) is 0 Å². The zero-order chi connectivity index (χ0) is 18.8. The number of aromatic nitrogens is 2. The molecule has 1 atom stereocenters. The van der Waals surface area contributed by atoms with E-state index in [2.05, 4.69) is 16.9 Å². The summed E-state index contributed by atoms with van der Waals surface area (Å²) in [6.07, 6.45) is 6.13. The molecule has 0 N–H and O–H groups in total. The normalized spacial score (nSPS) is 22.9. The van der Waals surface area contributed by atoms with Crippen molar-refractivity contribution in [1.82, 2.24) is 19.6 Å². The maximum atomic E-state index is 13.2. The quantitative estimate of drug-likeness (QED) is 0.832. The lowest BCUT2D eigenvalue weighted by Crippen LogP contribution is -2.37. The highest BCUT2D eigenvalue weighted by atomic mass is 16.2. The van der Waals surface area contributed by atoms with Crippen LogP contribution < -0.4 is 0 Å². The molecule has 2 saturated heterocycles. The van der Waals surface area contributed by atoms with Gasteiger partial charge in [0.25, 0.3) is 5.91 Å². The number of piperidine rings is 1. The molecule has 5 nitrogen and oxygen atoms in total. The van der Waals surface area contributed by atoms with Crippen LogP contribution in [0.25, 0.3) is 10.9 Å². The van der Waals surface area contributed by atoms with Gasteiger partial charge in [-0.15, -0.1) is 0 Å². The molecule has 27 heavy (non-hydrogen) atoms. The van der Waals surface area contributed by atoms with Gasteiger partial charge < -0.3 is 9.80 Å². The molecular formula is C22H32N4O. The van der Waals surface area contributed by atoms with E-state index < -0.39 is 0 Å². The largest absolute Gasteiger partial charge is 0.337 e. The van der Waals surface area contributed by atoms with Gasteiger partial charge in [-0.1, -0.05) is 25.1 Å². The molecule has 0 aliphatic carbocycles. The van der Waals surface area contributed by atoms with E-state index in [1.165, 1.54) is 38.9 Å². The van der Waals surface area contributed by atoms with E-state index in [1.54, 1.807) is 0 Å². The summed E-state index contributed by atoms with van der Waals surface area (Å²) < 4.78 is 1.82. The first-order chi connectivity index (χ1) is 13.1. The van der Waals surface area contributed by atoms with Gasteiger partial charge in [-0.25, -0.2) is 0 Å². The molecule has 2 aliphatic heterocycles. The van der Waals surface area contributed by atoms with Crippen molar-refractivity contribution in [3.63, 3.8) is 0 Å². The summed E-state index contributed by atoms with van der Waals surface area (Å²) in [7, 11) is 1.91. The highest BCUT2D eigenvalue weighted by molar-refractivity contribution is 6.04. The first-order valence-electron chi connectivity index (χ1n) is 10.5. The molecule has 3 heterocycles. The molecule has 0 radical (unpaired) electrons. The number of carbonyl (C=O) groups excluding carboxylic acids is 1. The van der Waals surface area contributed by atoms with Crippen molar-refractivity contribution < 1.29 is 4.79 Å². The van der Waals surface area contributed by atoms with Crippen molar-refractivity contribution in [2.24, 2.45) is 18.9 Å². The van der Waals surface area contributed by atoms with Crippen LogP contribution in [-0.4, -0.2) is 58.2 Å². The number of hydrogen-bond donors (Lipinski definition) is 0. The van der Waals surface area contributed by atoms with E-state index in [1.807, 2.05) is 40.9 Å². The minimum absolute atomic E-state index is 0.0965. The minimum Gasteiger partial charge on any atom is -0.337 e. The number of rotatable bonds is 3. The molecule has 2 aliphatic rings. The summed E-state index contributed by atoms with van der Waals surface area (Å²) in [6.45, 7) is 7.80. The van der Waals surface area contributed by atoms with Gasteiger partial charge in [0.15, 0.2) is 5.69 Å². The Bertz CT molecular complexity index is 791. The van der Waals surface area contributed by atoms with E-state index >= 15 is 0 Å². The summed E-state index contributed by atoms with van der Waals surface area (Å²) in [5.74, 6) is 1.70. The van der Waals surface area contributed by atoms with Gasteiger partial charge in [-0.2, -0.15) is 5.10 Å². The van der Waals surface area contributed by atoms with E-state index in [4.69, 9.17) is 0 Å². The van der Waals surface area contributed by atoms with E-state index in [-0.39, 0.29) is 5.91 Å². The summed E-state index contributed by atoms with van der Waals surface area (Å²) in [4.78, 5) is 17.8. The molecule has 1 aromatic heterocycles. The van der Waals surface area contributed by atoms with Gasteiger partial charge in [-0.05, 0) is 63.1 Å². The summed E-state index contributed by atoms with van der Waals surface area (Å²) >= 11 is 0. The van der Waals surface area contributed by atoms with Crippen LogP contribution in [0.1, 0.15) is 49.5 Å². The smallest absolute Gasteiger partial charge is 0.274 e. The maximum Gasteiger partial charge on any atom is 0.274 e. The Balaban J connectivity index is 1.39. The van der Waals surface area contributed by atoms with Crippen molar-refractivity contribution in [3.8, 4) is 0 Å². The van der Waals surface area contributed by atoms with Crippen molar-refractivity contribution in [2.75, 3.05) is 32.7 Å². The molecule has 146 valence electrons. The molecule has 2 fully saturated rings. The van der Waals surface area contributed by atoms with Crippen LogP contribution in [-0.2, 0) is 7.05 Å². The Morgan fingerprint density at radius 3 is 2.67 bits per heavy atom. The van der Waals surface area contributed by atoms with Crippen LogP contribution in [0.2, 0.25) is 0 Å². The van der Waals surface area contributed by atoms with Crippen LogP contribution in [0.4, 0.5) is 0 Å². The van der Waals surface area contributed by atoms with E-state index in [9.17, 15) is 4.79 Å². The predicted octanol–water partition coefficient (Wildman–Crippen LogP) is 3.55. The average molecular weight is 369 g/mol. The van der Waals surface area contributed by atoms with Gasteiger partial charge in [0.05, 0.1) is 5.52 Å². The zero-order valence-corrected chi connectivity index (χ0v) is 16.7. The fraction of sp³-hybridized carbons (Fsp3) is 0.636. The van der Waals surface area contributed by atoms with Gasteiger partial charge in [0.2, 0.25) is 0 Å². The standard InChI is InChI=1S/C22H32N4O/c1-17-9-13-25(14-10-17)16-18-6-5-12-26(15-11-18)22(27)21-19-7-3-4-8-20(19)24(2)23-21/h3-4,7-8,17-18H,5-6,9-16H2,1-2H3. The number of hydrogen-bond acceptors (Lipinski definition) is 3. The Morgan fingerprint density at radius 1 is 1.07 bits per heavy atom. The van der Waals surface area contributed by atoms with Crippen LogP contribution >= 0.6 is 0 Å². The van der Waals surface area contributed by atoms with Crippen molar-refractivity contribution in [2.45, 2.75) is 39.0 Å². The minimum atomic E-state index is 0.0965. The van der Waals surface area contributed by atoms with Gasteiger partial charge in [-0.3, -0.25) is 9.48 Å². The molecule has 1 unspecified atom stereocenters. The molecular weight excluding hydrogens is 336 g/mol. The first kappa shape index (κ1) is 18.5. The Kier molecular flexibility index (Phi) is 5.48. The Labute approximate surface area is 162 Å². The first-order valence-corrected chi connectivity index (χ1v) is 10.5. The number of amides is 1. The summed E-state index contributed by atoms with van der Waals surface area (Å²) in [5.41, 5.74) is 1.63. The topological polar surface area (TPSA) is 41.4 Å². The van der Waals surface area contributed by atoms with Gasteiger partial charge in [0.1, 0.15) is 0 Å². The van der Waals surface area contributed by atoms with Crippen molar-refractivity contribution in [1.29, 1.82) is 0 Å². The Hall–Kier alpha value is -1.88. The molecule has 0 bridgehead atoms. The lowest BCUT2D eigenvalue weighted by molar-refractivity contribution is 0.0753. The molecule has 1 aromatic carbocycles. The van der Waals surface area contributed by atoms with E-state index in [0.29, 0.717) is 5.69 Å². The zero-order valence-electron chi connectivity index (χ0n) is 16.7. The third-order valence-electron chi connectivity index (χ3n) is 6.49. The van der Waals surface area contributed by atoms with Crippen LogP contribution in [0.3, 0.4) is 0 Å². The third kappa shape index (κ3) is 4.03. The van der Waals surface area contributed by atoms with Crippen molar-refractivity contribution in [3.05, 3.63) is 30.0 Å². The number of carbonyl (C=O) groups is 1. The highest BCUT2D eigenvalue weighted by Gasteiger charge is 2.26. The molecule has 0 spiro atoms. The average Bonchev–Trinajstić information content (AvgIpc) is 2.86. The SMILES string of the molecule is CC1CCN(CC2CCCN(C(=O)c3nn(C)c4ccccc34)CC2)CC1. The second kappa shape index (κ2) is 8.01. The monoisotopic (exact) mass is 368 g/mol.